The van der Waals surface area contributed by atoms with E-state index >= 15 is 0 Å². The van der Waals surface area contributed by atoms with Gasteiger partial charge in [0.15, 0.2) is 0 Å². The summed E-state index contributed by atoms with van der Waals surface area (Å²) in [5.41, 5.74) is 4.45. The number of hydrogen-bond acceptors (Lipinski definition) is 7. The van der Waals surface area contributed by atoms with Gasteiger partial charge in [-0.05, 0) is 62.6 Å². The number of aryl methyl sites for hydroxylation is 3. The van der Waals surface area contributed by atoms with Gasteiger partial charge in [-0.1, -0.05) is 0 Å². The fourth-order valence-electron chi connectivity index (χ4n) is 4.81. The van der Waals surface area contributed by atoms with Crippen LogP contribution >= 0.6 is 23.1 Å². The van der Waals surface area contributed by atoms with Gasteiger partial charge < -0.3 is 20.1 Å². The Morgan fingerprint density at radius 3 is 2.85 bits per heavy atom. The topological polar surface area (TPSA) is 81.3 Å². The molecule has 1 fully saturated rings. The summed E-state index contributed by atoms with van der Waals surface area (Å²) in [7, 11) is 2.16. The van der Waals surface area contributed by atoms with Crippen molar-refractivity contribution in [3.8, 4) is 0 Å². The average Bonchev–Trinajstić information content (AvgIpc) is 3.39. The van der Waals surface area contributed by atoms with Crippen molar-refractivity contribution in [1.29, 1.82) is 0 Å². The molecule has 180 valence electrons. The molecule has 2 aliphatic rings. The van der Waals surface area contributed by atoms with Gasteiger partial charge in [0.05, 0.1) is 11.1 Å². The summed E-state index contributed by atoms with van der Waals surface area (Å²) in [6.45, 7) is 6.31. The molecule has 0 spiro atoms. The second-order valence-electron chi connectivity index (χ2n) is 9.19. The van der Waals surface area contributed by atoms with Gasteiger partial charge >= 0.3 is 0 Å². The molecule has 2 N–H and O–H groups in total. The minimum absolute atomic E-state index is 0.00540. The Balaban J connectivity index is 1.11. The average molecular weight is 498 g/mol. The molecule has 1 saturated heterocycles. The van der Waals surface area contributed by atoms with Crippen LogP contribution in [-0.2, 0) is 23.4 Å². The molecule has 0 saturated carbocycles. The number of aromatic amines is 1. The fourth-order valence-corrected chi connectivity index (χ4v) is 6.89. The van der Waals surface area contributed by atoms with Crippen LogP contribution in [0.5, 0.6) is 0 Å². The predicted molar refractivity (Wildman–Crippen MR) is 143 cm³/mol. The van der Waals surface area contributed by atoms with Gasteiger partial charge in [0.1, 0.15) is 10.7 Å². The lowest BCUT2D eigenvalue weighted by Gasteiger charge is -2.35. The highest BCUT2D eigenvalue weighted by Crippen LogP contribution is 2.34. The standard InChI is InChI=1S/C25H31N5O2S2/c1-16-14-17(6-7-19(16)30-11-9-29(2)10-12-30)26-22(31)8-13-33-15-21-27-24(32)23-18-4-3-5-20(18)34-25(23)28-21/h6-7,14H,3-5,8-13,15H2,1-2H3,(H,26,31)(H,27,28,32). The minimum Gasteiger partial charge on any atom is -0.369 e. The number of nitrogens with one attached hydrogen (secondary N) is 2. The van der Waals surface area contributed by atoms with E-state index < -0.39 is 0 Å². The number of amides is 1. The predicted octanol–water partition coefficient (Wildman–Crippen LogP) is 3.80. The number of carbonyl (C=O) groups is 1. The monoisotopic (exact) mass is 497 g/mol. The molecule has 1 aliphatic heterocycles. The first-order valence-electron chi connectivity index (χ1n) is 11.9. The van der Waals surface area contributed by atoms with Crippen molar-refractivity contribution in [1.82, 2.24) is 14.9 Å². The Bertz CT molecular complexity index is 1260. The molecule has 2 aromatic heterocycles. The number of piperazine rings is 1. The zero-order chi connectivity index (χ0) is 23.7. The lowest BCUT2D eigenvalue weighted by Crippen LogP contribution is -2.44. The molecule has 9 heteroatoms. The quantitative estimate of drug-likeness (QED) is 0.484. The zero-order valence-corrected chi connectivity index (χ0v) is 21.4. The molecule has 34 heavy (non-hydrogen) atoms. The number of likely N-dealkylation sites (N-methyl/N-ethyl adjacent to an activating group) is 1. The molecule has 3 aromatic rings. The Morgan fingerprint density at radius 1 is 1.24 bits per heavy atom. The van der Waals surface area contributed by atoms with Gasteiger partial charge in [-0.15, -0.1) is 11.3 Å². The molecule has 0 atom stereocenters. The van der Waals surface area contributed by atoms with Crippen molar-refractivity contribution < 1.29 is 4.79 Å². The maximum Gasteiger partial charge on any atom is 0.259 e. The molecule has 1 aromatic carbocycles. The van der Waals surface area contributed by atoms with Gasteiger partial charge in [0, 0.05) is 54.6 Å². The number of rotatable bonds is 7. The smallest absolute Gasteiger partial charge is 0.259 e. The molecule has 0 radical (unpaired) electrons. The lowest BCUT2D eigenvalue weighted by atomic mass is 10.1. The normalized spacial score (nSPS) is 16.2. The van der Waals surface area contributed by atoms with Crippen molar-refractivity contribution in [3.05, 3.63) is 50.4 Å². The molecular weight excluding hydrogens is 466 g/mol. The van der Waals surface area contributed by atoms with E-state index in [0.29, 0.717) is 23.8 Å². The number of fused-ring (bicyclic) bond motifs is 3. The SMILES string of the molecule is Cc1cc(NC(=O)CCSCc2nc3sc4c(c3c(=O)[nH]2)CCC4)ccc1N1CCN(C)CC1. The molecule has 1 aliphatic carbocycles. The first kappa shape index (κ1) is 23.4. The van der Waals surface area contributed by atoms with Crippen LogP contribution in [0.1, 0.15) is 34.7 Å². The van der Waals surface area contributed by atoms with Gasteiger partial charge in [-0.25, -0.2) is 4.98 Å². The van der Waals surface area contributed by atoms with E-state index in [9.17, 15) is 9.59 Å². The van der Waals surface area contributed by atoms with Gasteiger partial charge in [0.25, 0.3) is 5.56 Å². The van der Waals surface area contributed by atoms with Crippen LogP contribution in [0.15, 0.2) is 23.0 Å². The summed E-state index contributed by atoms with van der Waals surface area (Å²) in [5.74, 6) is 1.97. The first-order chi connectivity index (χ1) is 16.5. The molecule has 0 unspecified atom stereocenters. The Labute approximate surface area is 207 Å². The summed E-state index contributed by atoms with van der Waals surface area (Å²) >= 11 is 3.28. The van der Waals surface area contributed by atoms with Gasteiger partial charge in [-0.2, -0.15) is 11.8 Å². The van der Waals surface area contributed by atoms with E-state index in [0.717, 1.165) is 61.3 Å². The van der Waals surface area contributed by atoms with Crippen molar-refractivity contribution in [2.75, 3.05) is 49.2 Å². The number of anilines is 2. The number of benzene rings is 1. The number of nitrogens with zero attached hydrogens (tertiary/aromatic N) is 3. The van der Waals surface area contributed by atoms with E-state index in [-0.39, 0.29) is 11.5 Å². The summed E-state index contributed by atoms with van der Waals surface area (Å²) < 4.78 is 0. The molecule has 3 heterocycles. The number of thiophene rings is 1. The second kappa shape index (κ2) is 10.1. The molecule has 5 rings (SSSR count). The summed E-state index contributed by atoms with van der Waals surface area (Å²) in [5, 5.41) is 3.81. The highest BCUT2D eigenvalue weighted by molar-refractivity contribution is 7.98. The van der Waals surface area contributed by atoms with E-state index in [4.69, 9.17) is 0 Å². The van der Waals surface area contributed by atoms with Crippen LogP contribution in [0.3, 0.4) is 0 Å². The third-order valence-electron chi connectivity index (χ3n) is 6.66. The number of hydrogen-bond donors (Lipinski definition) is 2. The zero-order valence-electron chi connectivity index (χ0n) is 19.8. The van der Waals surface area contributed by atoms with Crippen LogP contribution in [-0.4, -0.2) is 59.8 Å². The van der Waals surface area contributed by atoms with E-state index in [2.05, 4.69) is 51.2 Å². The summed E-state index contributed by atoms with van der Waals surface area (Å²) in [4.78, 5) is 39.6. The maximum atomic E-state index is 12.6. The number of aromatic nitrogens is 2. The molecular formula is C25H31N5O2S2. The van der Waals surface area contributed by atoms with E-state index in [1.165, 1.54) is 21.7 Å². The lowest BCUT2D eigenvalue weighted by molar-refractivity contribution is -0.115. The molecule has 7 nitrogen and oxygen atoms in total. The van der Waals surface area contributed by atoms with Crippen molar-refractivity contribution in [2.45, 2.75) is 38.4 Å². The van der Waals surface area contributed by atoms with Crippen LogP contribution < -0.4 is 15.8 Å². The van der Waals surface area contributed by atoms with Crippen molar-refractivity contribution in [2.24, 2.45) is 0 Å². The Hall–Kier alpha value is -2.36. The summed E-state index contributed by atoms with van der Waals surface area (Å²) in [6.07, 6.45) is 3.61. The second-order valence-corrected chi connectivity index (χ2v) is 11.4. The van der Waals surface area contributed by atoms with Crippen molar-refractivity contribution >= 4 is 50.6 Å². The van der Waals surface area contributed by atoms with Crippen LogP contribution in [0.25, 0.3) is 10.2 Å². The fraction of sp³-hybridized carbons (Fsp3) is 0.480. The maximum absolute atomic E-state index is 12.6. The van der Waals surface area contributed by atoms with Crippen LogP contribution in [0.2, 0.25) is 0 Å². The van der Waals surface area contributed by atoms with E-state index in [1.807, 2.05) is 6.07 Å². The number of carbonyl (C=O) groups excluding carboxylic acids is 1. The number of H-pyrrole nitrogens is 1. The van der Waals surface area contributed by atoms with Crippen LogP contribution in [0, 0.1) is 6.92 Å². The van der Waals surface area contributed by atoms with Crippen molar-refractivity contribution in [3.63, 3.8) is 0 Å². The summed E-state index contributed by atoms with van der Waals surface area (Å²) in [6, 6.07) is 6.17. The van der Waals surface area contributed by atoms with Crippen LogP contribution in [0.4, 0.5) is 11.4 Å². The Kier molecular flexibility index (Phi) is 6.94. The molecule has 1 amide bonds. The largest absolute Gasteiger partial charge is 0.369 e. The third-order valence-corrected chi connectivity index (χ3v) is 8.82. The molecule has 0 bridgehead atoms. The first-order valence-corrected chi connectivity index (χ1v) is 13.9. The highest BCUT2D eigenvalue weighted by Gasteiger charge is 2.21. The third kappa shape index (κ3) is 5.01. The minimum atomic E-state index is -0.0202. The number of thioether (sulfide) groups is 1. The van der Waals surface area contributed by atoms with E-state index in [1.54, 1.807) is 23.1 Å². The van der Waals surface area contributed by atoms with Gasteiger partial charge in [0.2, 0.25) is 5.91 Å². The highest BCUT2D eigenvalue weighted by atomic mass is 32.2. The van der Waals surface area contributed by atoms with Gasteiger partial charge in [-0.3, -0.25) is 9.59 Å². The Morgan fingerprint density at radius 2 is 2.06 bits per heavy atom.